The zero-order chi connectivity index (χ0) is 11.0. The summed E-state index contributed by atoms with van der Waals surface area (Å²) in [5.74, 6) is 0. The maximum absolute atomic E-state index is 6.17. The lowest BCUT2D eigenvalue weighted by Crippen LogP contribution is -2.35. The van der Waals surface area contributed by atoms with Crippen LogP contribution in [0.3, 0.4) is 0 Å². The van der Waals surface area contributed by atoms with Gasteiger partial charge in [0.2, 0.25) is 0 Å². The molecule has 0 amide bonds. The number of fused-ring (bicyclic) bond motifs is 1. The number of rotatable bonds is 1. The Morgan fingerprint density at radius 3 is 2.88 bits per heavy atom. The molecule has 0 aliphatic heterocycles. The van der Waals surface area contributed by atoms with Gasteiger partial charge in [0.15, 0.2) is 0 Å². The van der Waals surface area contributed by atoms with Gasteiger partial charge in [-0.1, -0.05) is 30.2 Å². The average molecular weight is 216 g/mol. The molecule has 4 heteroatoms. The first-order valence-electron chi connectivity index (χ1n) is 5.92. The molecule has 3 rings (SSSR count). The maximum Gasteiger partial charge on any atom is 0.113 e. The van der Waals surface area contributed by atoms with Crippen molar-refractivity contribution >= 4 is 11.0 Å². The third kappa shape index (κ3) is 1.50. The Morgan fingerprint density at radius 1 is 1.19 bits per heavy atom. The van der Waals surface area contributed by atoms with Crippen molar-refractivity contribution in [2.24, 2.45) is 5.73 Å². The smallest absolute Gasteiger partial charge is 0.113 e. The van der Waals surface area contributed by atoms with Gasteiger partial charge >= 0.3 is 0 Å². The van der Waals surface area contributed by atoms with Gasteiger partial charge in [0.1, 0.15) is 5.52 Å². The van der Waals surface area contributed by atoms with Crippen LogP contribution in [0.4, 0.5) is 0 Å². The molecule has 16 heavy (non-hydrogen) atoms. The standard InChI is InChI=1S/C12H16N4/c13-9-5-1-3-7-11(9)16-12-8-4-2-6-10(12)14-15-16/h2,4,6,8-9,11H,1,3,5,7,13H2/t9-,11-/m1/s1. The first-order chi connectivity index (χ1) is 7.86. The Hall–Kier alpha value is -1.42. The molecule has 0 spiro atoms. The lowest BCUT2D eigenvalue weighted by Gasteiger charge is -2.28. The van der Waals surface area contributed by atoms with Gasteiger partial charge in [0, 0.05) is 6.04 Å². The summed E-state index contributed by atoms with van der Waals surface area (Å²) in [6.07, 6.45) is 4.70. The van der Waals surface area contributed by atoms with E-state index in [1.165, 1.54) is 12.8 Å². The number of nitrogens with zero attached hydrogens (tertiary/aromatic N) is 3. The summed E-state index contributed by atoms with van der Waals surface area (Å²) >= 11 is 0. The summed E-state index contributed by atoms with van der Waals surface area (Å²) in [4.78, 5) is 0. The fourth-order valence-electron chi connectivity index (χ4n) is 2.58. The van der Waals surface area contributed by atoms with Gasteiger partial charge in [-0.2, -0.15) is 0 Å². The van der Waals surface area contributed by atoms with E-state index in [2.05, 4.69) is 16.4 Å². The Labute approximate surface area is 94.4 Å². The third-order valence-corrected chi connectivity index (χ3v) is 3.47. The monoisotopic (exact) mass is 216 g/mol. The SMILES string of the molecule is N[C@@H]1CCCC[C@H]1n1nnc2ccccc21. The van der Waals surface area contributed by atoms with Crippen molar-refractivity contribution < 1.29 is 0 Å². The third-order valence-electron chi connectivity index (χ3n) is 3.47. The Kier molecular flexibility index (Phi) is 2.36. The van der Waals surface area contributed by atoms with Crippen molar-refractivity contribution in [3.63, 3.8) is 0 Å². The molecule has 0 unspecified atom stereocenters. The number of benzene rings is 1. The molecule has 0 bridgehead atoms. The fraction of sp³-hybridized carbons (Fsp3) is 0.500. The van der Waals surface area contributed by atoms with Crippen LogP contribution in [0.15, 0.2) is 24.3 Å². The highest BCUT2D eigenvalue weighted by Crippen LogP contribution is 2.28. The summed E-state index contributed by atoms with van der Waals surface area (Å²) in [6.45, 7) is 0. The molecule has 1 aliphatic carbocycles. The van der Waals surface area contributed by atoms with Gasteiger partial charge in [0.05, 0.1) is 11.6 Å². The van der Waals surface area contributed by atoms with Crippen LogP contribution in [-0.2, 0) is 0 Å². The van der Waals surface area contributed by atoms with Gasteiger partial charge in [-0.05, 0) is 25.0 Å². The average Bonchev–Trinajstić information content (AvgIpc) is 2.74. The van der Waals surface area contributed by atoms with Crippen LogP contribution >= 0.6 is 0 Å². The molecule has 1 heterocycles. The highest BCUT2D eigenvalue weighted by molar-refractivity contribution is 5.74. The quantitative estimate of drug-likeness (QED) is 0.791. The molecule has 84 valence electrons. The van der Waals surface area contributed by atoms with E-state index in [0.717, 1.165) is 23.9 Å². The number of aromatic nitrogens is 3. The minimum Gasteiger partial charge on any atom is -0.326 e. The summed E-state index contributed by atoms with van der Waals surface area (Å²) in [7, 11) is 0. The molecule has 2 atom stereocenters. The largest absolute Gasteiger partial charge is 0.326 e. The van der Waals surface area contributed by atoms with E-state index in [1.54, 1.807) is 0 Å². The molecule has 4 nitrogen and oxygen atoms in total. The van der Waals surface area contributed by atoms with E-state index >= 15 is 0 Å². The van der Waals surface area contributed by atoms with Crippen molar-refractivity contribution in [3.8, 4) is 0 Å². The van der Waals surface area contributed by atoms with Crippen molar-refractivity contribution in [1.29, 1.82) is 0 Å². The predicted octanol–water partition coefficient (Wildman–Crippen LogP) is 1.87. The summed E-state index contributed by atoms with van der Waals surface area (Å²) in [5, 5.41) is 8.44. The van der Waals surface area contributed by atoms with Crippen LogP contribution in [0, 0.1) is 0 Å². The van der Waals surface area contributed by atoms with Crippen LogP contribution in [-0.4, -0.2) is 21.0 Å². The molecule has 1 aromatic carbocycles. The molecule has 2 N–H and O–H groups in total. The second-order valence-corrected chi connectivity index (χ2v) is 4.54. The predicted molar refractivity (Wildman–Crippen MR) is 63.0 cm³/mol. The lowest BCUT2D eigenvalue weighted by molar-refractivity contribution is 0.288. The highest BCUT2D eigenvalue weighted by atomic mass is 15.4. The first-order valence-corrected chi connectivity index (χ1v) is 5.92. The van der Waals surface area contributed by atoms with Crippen molar-refractivity contribution in [2.75, 3.05) is 0 Å². The van der Waals surface area contributed by atoms with Crippen LogP contribution in [0.25, 0.3) is 11.0 Å². The Morgan fingerprint density at radius 2 is 2.00 bits per heavy atom. The Balaban J connectivity index is 2.04. The molecule has 1 saturated carbocycles. The topological polar surface area (TPSA) is 56.7 Å². The van der Waals surface area contributed by atoms with Gasteiger partial charge in [-0.25, -0.2) is 4.68 Å². The highest BCUT2D eigenvalue weighted by Gasteiger charge is 2.25. The van der Waals surface area contributed by atoms with E-state index in [4.69, 9.17) is 5.73 Å². The molecular formula is C12H16N4. The zero-order valence-electron chi connectivity index (χ0n) is 9.21. The van der Waals surface area contributed by atoms with Crippen LogP contribution in [0.1, 0.15) is 31.7 Å². The van der Waals surface area contributed by atoms with Gasteiger partial charge < -0.3 is 5.73 Å². The summed E-state index contributed by atoms with van der Waals surface area (Å²) in [5.41, 5.74) is 8.23. The fourth-order valence-corrected chi connectivity index (χ4v) is 2.58. The number of hydrogen-bond acceptors (Lipinski definition) is 3. The number of para-hydroxylation sites is 1. The lowest BCUT2D eigenvalue weighted by atomic mass is 9.91. The molecule has 0 saturated heterocycles. The molecule has 1 fully saturated rings. The van der Waals surface area contributed by atoms with Crippen LogP contribution < -0.4 is 5.73 Å². The molecule has 0 radical (unpaired) electrons. The van der Waals surface area contributed by atoms with Gasteiger partial charge in [0.25, 0.3) is 0 Å². The second kappa shape index (κ2) is 3.87. The van der Waals surface area contributed by atoms with Crippen LogP contribution in [0.2, 0.25) is 0 Å². The molecular weight excluding hydrogens is 200 g/mol. The van der Waals surface area contributed by atoms with Gasteiger partial charge in [-0.3, -0.25) is 0 Å². The molecule has 1 aliphatic rings. The van der Waals surface area contributed by atoms with E-state index in [-0.39, 0.29) is 6.04 Å². The summed E-state index contributed by atoms with van der Waals surface area (Å²) in [6, 6.07) is 8.61. The minimum absolute atomic E-state index is 0.221. The van der Waals surface area contributed by atoms with Crippen molar-refractivity contribution in [2.45, 2.75) is 37.8 Å². The van der Waals surface area contributed by atoms with E-state index in [1.807, 2.05) is 22.9 Å². The minimum atomic E-state index is 0.221. The Bertz CT molecular complexity index is 490. The zero-order valence-corrected chi connectivity index (χ0v) is 9.21. The van der Waals surface area contributed by atoms with Crippen molar-refractivity contribution in [1.82, 2.24) is 15.0 Å². The summed E-state index contributed by atoms with van der Waals surface area (Å²) < 4.78 is 2.01. The van der Waals surface area contributed by atoms with E-state index in [0.29, 0.717) is 6.04 Å². The number of hydrogen-bond donors (Lipinski definition) is 1. The maximum atomic E-state index is 6.17. The van der Waals surface area contributed by atoms with Crippen molar-refractivity contribution in [3.05, 3.63) is 24.3 Å². The normalized spacial score (nSPS) is 26.1. The van der Waals surface area contributed by atoms with Gasteiger partial charge in [-0.15, -0.1) is 5.10 Å². The van der Waals surface area contributed by atoms with E-state index < -0.39 is 0 Å². The second-order valence-electron chi connectivity index (χ2n) is 4.54. The van der Waals surface area contributed by atoms with E-state index in [9.17, 15) is 0 Å². The molecule has 2 aromatic rings. The first kappa shape index (κ1) is 9.78. The van der Waals surface area contributed by atoms with Crippen LogP contribution in [0.5, 0.6) is 0 Å². The number of nitrogens with two attached hydrogens (primary N) is 1. The molecule has 1 aromatic heterocycles.